The van der Waals surface area contributed by atoms with E-state index in [1.807, 2.05) is 48.7 Å². The van der Waals surface area contributed by atoms with Crippen molar-refractivity contribution in [2.75, 3.05) is 11.9 Å². The molecule has 0 radical (unpaired) electrons. The van der Waals surface area contributed by atoms with Crippen molar-refractivity contribution >= 4 is 23.1 Å². The summed E-state index contributed by atoms with van der Waals surface area (Å²) in [5.41, 5.74) is 1.81. The van der Waals surface area contributed by atoms with Gasteiger partial charge in [-0.2, -0.15) is 0 Å². The number of hydrogen-bond acceptors (Lipinski definition) is 3. The average molecular weight is 290 g/mol. The maximum Gasteiger partial charge on any atom is 0.319 e. The lowest BCUT2D eigenvalue weighted by Crippen LogP contribution is -2.30. The third-order valence-electron chi connectivity index (χ3n) is 2.97. The Bertz CT molecular complexity index is 555. The summed E-state index contributed by atoms with van der Waals surface area (Å²) >= 11 is 1.52. The Kier molecular flexibility index (Phi) is 5.15. The van der Waals surface area contributed by atoms with E-state index in [4.69, 9.17) is 0 Å². The molecular formula is C15H18N2O2S. The van der Waals surface area contributed by atoms with Crippen LogP contribution in [0.15, 0.2) is 41.8 Å². The monoisotopic (exact) mass is 290 g/mol. The Hall–Kier alpha value is -1.85. The Labute approximate surface area is 122 Å². The average Bonchev–Trinajstić information content (AvgIpc) is 2.95. The molecule has 0 saturated carbocycles. The number of amides is 2. The minimum atomic E-state index is -0.520. The molecule has 0 aliphatic carbocycles. The highest BCUT2D eigenvalue weighted by Crippen LogP contribution is 2.20. The van der Waals surface area contributed by atoms with Crippen LogP contribution in [0.5, 0.6) is 0 Å². The fourth-order valence-electron chi connectivity index (χ4n) is 1.83. The maximum atomic E-state index is 11.7. The number of para-hydroxylation sites is 1. The summed E-state index contributed by atoms with van der Waals surface area (Å²) in [6.07, 6.45) is -0.0180. The largest absolute Gasteiger partial charge is 0.388 e. The summed E-state index contributed by atoms with van der Waals surface area (Å²) in [6.45, 7) is 2.37. The second-order valence-electron chi connectivity index (χ2n) is 4.52. The molecule has 5 heteroatoms. The number of aryl methyl sites for hydroxylation is 1. The first-order chi connectivity index (χ1) is 9.66. The molecule has 0 saturated heterocycles. The van der Waals surface area contributed by atoms with Crippen LogP contribution in [0.2, 0.25) is 0 Å². The number of carbonyl (C=O) groups excluding carboxylic acids is 1. The van der Waals surface area contributed by atoms with Crippen LogP contribution in [0.1, 0.15) is 23.0 Å². The fraction of sp³-hybridized carbons (Fsp3) is 0.267. The van der Waals surface area contributed by atoms with Crippen LogP contribution < -0.4 is 10.6 Å². The van der Waals surface area contributed by atoms with Gasteiger partial charge in [-0.05, 0) is 36.4 Å². The molecule has 0 fully saturated rings. The summed E-state index contributed by atoms with van der Waals surface area (Å²) < 4.78 is 0. The molecule has 0 spiro atoms. The van der Waals surface area contributed by atoms with Gasteiger partial charge in [0, 0.05) is 17.1 Å². The number of aliphatic hydroxyl groups excluding tert-OH is 1. The van der Waals surface area contributed by atoms with Crippen molar-refractivity contribution < 1.29 is 9.90 Å². The van der Waals surface area contributed by atoms with Gasteiger partial charge in [0.05, 0.1) is 6.10 Å². The van der Waals surface area contributed by atoms with Crippen LogP contribution >= 0.6 is 11.3 Å². The summed E-state index contributed by atoms with van der Waals surface area (Å²) in [5, 5.41) is 17.4. The van der Waals surface area contributed by atoms with E-state index in [0.29, 0.717) is 13.0 Å². The predicted octanol–water partition coefficient (Wildman–Crippen LogP) is 3.30. The Balaban J connectivity index is 1.74. The van der Waals surface area contributed by atoms with Crippen molar-refractivity contribution in [1.29, 1.82) is 0 Å². The topological polar surface area (TPSA) is 61.4 Å². The molecule has 4 nitrogen and oxygen atoms in total. The van der Waals surface area contributed by atoms with Gasteiger partial charge < -0.3 is 15.7 Å². The van der Waals surface area contributed by atoms with E-state index in [2.05, 4.69) is 10.6 Å². The molecule has 0 unspecified atom stereocenters. The molecule has 1 aromatic heterocycles. The standard InChI is InChI=1S/C15H18N2O2S/c1-11-5-2-3-6-12(11)17-15(19)16-9-8-13(18)14-7-4-10-20-14/h2-7,10,13,18H,8-9H2,1H3,(H2,16,17,19)/t13-/m0/s1. The van der Waals surface area contributed by atoms with Gasteiger partial charge in [-0.25, -0.2) is 4.79 Å². The Morgan fingerprint density at radius 2 is 2.10 bits per heavy atom. The number of aliphatic hydroxyl groups is 1. The number of carbonyl (C=O) groups is 1. The smallest absolute Gasteiger partial charge is 0.319 e. The third kappa shape index (κ3) is 4.08. The minimum Gasteiger partial charge on any atom is -0.388 e. The Morgan fingerprint density at radius 1 is 1.30 bits per heavy atom. The van der Waals surface area contributed by atoms with E-state index >= 15 is 0 Å². The lowest BCUT2D eigenvalue weighted by atomic mass is 10.2. The number of thiophene rings is 1. The summed E-state index contributed by atoms with van der Waals surface area (Å²) in [5.74, 6) is 0. The molecule has 20 heavy (non-hydrogen) atoms. The maximum absolute atomic E-state index is 11.7. The van der Waals surface area contributed by atoms with Crippen LogP contribution in [0.25, 0.3) is 0 Å². The van der Waals surface area contributed by atoms with Gasteiger partial charge in [-0.1, -0.05) is 24.3 Å². The zero-order valence-corrected chi connectivity index (χ0v) is 12.1. The van der Waals surface area contributed by atoms with Gasteiger partial charge in [0.2, 0.25) is 0 Å². The van der Waals surface area contributed by atoms with Crippen LogP contribution in [0.4, 0.5) is 10.5 Å². The molecule has 2 aromatic rings. The third-order valence-corrected chi connectivity index (χ3v) is 3.94. The van der Waals surface area contributed by atoms with Crippen LogP contribution in [-0.2, 0) is 0 Å². The molecule has 0 aliphatic rings. The van der Waals surface area contributed by atoms with Crippen molar-refractivity contribution in [2.24, 2.45) is 0 Å². The van der Waals surface area contributed by atoms with Crippen LogP contribution in [0, 0.1) is 6.92 Å². The Morgan fingerprint density at radius 3 is 2.80 bits per heavy atom. The molecule has 0 aliphatic heterocycles. The van der Waals surface area contributed by atoms with Gasteiger partial charge in [0.25, 0.3) is 0 Å². The minimum absolute atomic E-state index is 0.252. The molecule has 1 atom stereocenters. The normalized spacial score (nSPS) is 11.9. The van der Waals surface area contributed by atoms with Crippen LogP contribution in [0.3, 0.4) is 0 Å². The number of nitrogens with one attached hydrogen (secondary N) is 2. The second kappa shape index (κ2) is 7.07. The van der Waals surface area contributed by atoms with E-state index in [1.165, 1.54) is 11.3 Å². The first kappa shape index (κ1) is 14.6. The highest BCUT2D eigenvalue weighted by molar-refractivity contribution is 7.10. The van der Waals surface area contributed by atoms with Gasteiger partial charge >= 0.3 is 6.03 Å². The van der Waals surface area contributed by atoms with E-state index < -0.39 is 6.10 Å². The first-order valence-electron chi connectivity index (χ1n) is 6.49. The van der Waals surface area contributed by atoms with Crippen molar-refractivity contribution in [2.45, 2.75) is 19.4 Å². The fourth-order valence-corrected chi connectivity index (χ4v) is 2.57. The highest BCUT2D eigenvalue weighted by Gasteiger charge is 2.09. The van der Waals surface area contributed by atoms with Crippen LogP contribution in [-0.4, -0.2) is 17.7 Å². The zero-order valence-electron chi connectivity index (χ0n) is 11.3. The number of benzene rings is 1. The quantitative estimate of drug-likeness (QED) is 0.791. The number of urea groups is 1. The van der Waals surface area contributed by atoms with E-state index in [0.717, 1.165) is 16.1 Å². The predicted molar refractivity (Wildman–Crippen MR) is 82.1 cm³/mol. The lowest BCUT2D eigenvalue weighted by molar-refractivity contribution is 0.171. The SMILES string of the molecule is Cc1ccccc1NC(=O)NCC[C@H](O)c1cccs1. The highest BCUT2D eigenvalue weighted by atomic mass is 32.1. The van der Waals surface area contributed by atoms with Gasteiger partial charge in [-0.3, -0.25) is 0 Å². The summed E-state index contributed by atoms with van der Waals surface area (Å²) in [6, 6.07) is 11.1. The van der Waals surface area contributed by atoms with E-state index in [1.54, 1.807) is 0 Å². The molecule has 1 heterocycles. The number of rotatable bonds is 5. The van der Waals surface area contributed by atoms with Crippen molar-refractivity contribution in [1.82, 2.24) is 5.32 Å². The summed E-state index contributed by atoms with van der Waals surface area (Å²) in [7, 11) is 0. The molecule has 3 N–H and O–H groups in total. The zero-order chi connectivity index (χ0) is 14.4. The first-order valence-corrected chi connectivity index (χ1v) is 7.36. The molecule has 106 valence electrons. The molecule has 1 aromatic carbocycles. The van der Waals surface area contributed by atoms with Gasteiger partial charge in [-0.15, -0.1) is 11.3 Å². The van der Waals surface area contributed by atoms with Gasteiger partial charge in [0.1, 0.15) is 0 Å². The molecule has 2 rings (SSSR count). The molecule has 2 amide bonds. The van der Waals surface area contributed by atoms with Crippen molar-refractivity contribution in [3.8, 4) is 0 Å². The van der Waals surface area contributed by atoms with Crippen molar-refractivity contribution in [3.63, 3.8) is 0 Å². The lowest BCUT2D eigenvalue weighted by Gasteiger charge is -2.11. The molecule has 0 bridgehead atoms. The number of hydrogen-bond donors (Lipinski definition) is 3. The molecular weight excluding hydrogens is 272 g/mol. The van der Waals surface area contributed by atoms with Crippen molar-refractivity contribution in [3.05, 3.63) is 52.2 Å². The van der Waals surface area contributed by atoms with Gasteiger partial charge in [0.15, 0.2) is 0 Å². The number of anilines is 1. The van der Waals surface area contributed by atoms with E-state index in [9.17, 15) is 9.90 Å². The van der Waals surface area contributed by atoms with E-state index in [-0.39, 0.29) is 6.03 Å². The summed E-state index contributed by atoms with van der Waals surface area (Å²) in [4.78, 5) is 12.7. The second-order valence-corrected chi connectivity index (χ2v) is 5.49.